The van der Waals surface area contributed by atoms with E-state index in [0.29, 0.717) is 21.5 Å². The first-order valence-electron chi connectivity index (χ1n) is 5.40. The smallest absolute Gasteiger partial charge is 0.139 e. The minimum Gasteiger partial charge on any atom is -0.487 e. The summed E-state index contributed by atoms with van der Waals surface area (Å²) >= 11 is 16.9. The third kappa shape index (κ3) is 3.35. The Kier molecular flexibility index (Phi) is 4.58. The predicted molar refractivity (Wildman–Crippen MR) is 80.9 cm³/mol. The van der Waals surface area contributed by atoms with Crippen LogP contribution < -0.4 is 10.5 Å². The molecule has 0 radical (unpaired) electrons. The quantitative estimate of drug-likeness (QED) is 0.876. The van der Waals surface area contributed by atoms with Crippen molar-refractivity contribution in [1.29, 1.82) is 0 Å². The fraction of sp³-hybridized carbons (Fsp3) is 0.0769. The van der Waals surface area contributed by atoms with Crippen molar-refractivity contribution >= 4 is 40.4 Å². The molecule has 0 saturated heterocycles. The first-order valence-corrected chi connectivity index (χ1v) is 6.56. The van der Waals surface area contributed by atoms with Crippen LogP contribution in [0.3, 0.4) is 0 Å². The standard InChI is InChI=1S/C13H10Cl2N2OS/c14-9-4-1-5-10(11(9)15)18-7-8-3-2-6-17-12(8)13(16)19/h1-6H,7H2,(H2,16,19). The van der Waals surface area contributed by atoms with Crippen LogP contribution in [0.15, 0.2) is 36.5 Å². The van der Waals surface area contributed by atoms with E-state index < -0.39 is 0 Å². The van der Waals surface area contributed by atoms with Crippen molar-refractivity contribution in [2.24, 2.45) is 5.73 Å². The van der Waals surface area contributed by atoms with Crippen LogP contribution in [0, 0.1) is 0 Å². The maximum Gasteiger partial charge on any atom is 0.139 e. The third-order valence-electron chi connectivity index (χ3n) is 2.42. The molecule has 19 heavy (non-hydrogen) atoms. The summed E-state index contributed by atoms with van der Waals surface area (Å²) in [6.07, 6.45) is 1.63. The Morgan fingerprint density at radius 3 is 2.79 bits per heavy atom. The van der Waals surface area contributed by atoms with Gasteiger partial charge in [-0.05, 0) is 18.2 Å². The Labute approximate surface area is 126 Å². The van der Waals surface area contributed by atoms with E-state index in [1.54, 1.807) is 30.5 Å². The van der Waals surface area contributed by atoms with Crippen molar-refractivity contribution < 1.29 is 4.74 Å². The molecular weight excluding hydrogens is 303 g/mol. The summed E-state index contributed by atoms with van der Waals surface area (Å²) in [5, 5.41) is 0.824. The summed E-state index contributed by atoms with van der Waals surface area (Å²) < 4.78 is 5.62. The van der Waals surface area contributed by atoms with Crippen molar-refractivity contribution in [3.05, 3.63) is 57.8 Å². The summed E-state index contributed by atoms with van der Waals surface area (Å²) in [7, 11) is 0. The van der Waals surface area contributed by atoms with E-state index in [1.165, 1.54) is 0 Å². The lowest BCUT2D eigenvalue weighted by atomic mass is 10.2. The van der Waals surface area contributed by atoms with E-state index in [0.717, 1.165) is 5.56 Å². The molecule has 0 aliphatic rings. The lowest BCUT2D eigenvalue weighted by Crippen LogP contribution is -2.15. The molecule has 3 nitrogen and oxygen atoms in total. The Hall–Kier alpha value is -1.36. The van der Waals surface area contributed by atoms with Gasteiger partial charge in [0.05, 0.1) is 5.02 Å². The molecule has 1 aromatic carbocycles. The van der Waals surface area contributed by atoms with E-state index >= 15 is 0 Å². The van der Waals surface area contributed by atoms with Crippen molar-refractivity contribution in [2.75, 3.05) is 0 Å². The molecule has 0 aliphatic heterocycles. The van der Waals surface area contributed by atoms with E-state index in [1.807, 2.05) is 6.07 Å². The molecule has 0 saturated carbocycles. The van der Waals surface area contributed by atoms with Gasteiger partial charge in [-0.25, -0.2) is 0 Å². The van der Waals surface area contributed by atoms with Gasteiger partial charge in [0.1, 0.15) is 28.1 Å². The maximum atomic E-state index is 6.04. The number of benzene rings is 1. The number of halogens is 2. The highest BCUT2D eigenvalue weighted by atomic mass is 35.5. The monoisotopic (exact) mass is 312 g/mol. The van der Waals surface area contributed by atoms with Gasteiger partial charge in [-0.2, -0.15) is 0 Å². The third-order valence-corrected chi connectivity index (χ3v) is 3.42. The predicted octanol–water partition coefficient (Wildman–Crippen LogP) is 3.60. The van der Waals surface area contributed by atoms with Crippen LogP contribution >= 0.6 is 35.4 Å². The van der Waals surface area contributed by atoms with E-state index in [-0.39, 0.29) is 11.6 Å². The minimum absolute atomic E-state index is 0.233. The SMILES string of the molecule is NC(=S)c1ncccc1COc1cccc(Cl)c1Cl. The first kappa shape index (κ1) is 14.1. The summed E-state index contributed by atoms with van der Waals surface area (Å²) in [4.78, 5) is 4.36. The molecular formula is C13H10Cl2N2OS. The second-order valence-corrected chi connectivity index (χ2v) is 4.94. The van der Waals surface area contributed by atoms with Crippen LogP contribution in [0.5, 0.6) is 5.75 Å². The number of nitrogens with zero attached hydrogens (tertiary/aromatic N) is 1. The summed E-state index contributed by atoms with van der Waals surface area (Å²) in [6.45, 7) is 0.264. The van der Waals surface area contributed by atoms with Crippen LogP contribution in [-0.4, -0.2) is 9.97 Å². The lowest BCUT2D eigenvalue weighted by molar-refractivity contribution is 0.306. The van der Waals surface area contributed by atoms with E-state index in [4.69, 9.17) is 45.9 Å². The van der Waals surface area contributed by atoms with Gasteiger partial charge in [-0.1, -0.05) is 47.6 Å². The lowest BCUT2D eigenvalue weighted by Gasteiger charge is -2.11. The molecule has 0 unspecified atom stereocenters. The largest absolute Gasteiger partial charge is 0.487 e. The normalized spacial score (nSPS) is 10.2. The molecule has 0 atom stereocenters. The molecule has 0 amide bonds. The topological polar surface area (TPSA) is 48.1 Å². The van der Waals surface area contributed by atoms with Gasteiger partial charge in [0.2, 0.25) is 0 Å². The fourth-order valence-corrected chi connectivity index (χ4v) is 2.06. The Morgan fingerprint density at radius 2 is 2.05 bits per heavy atom. The second kappa shape index (κ2) is 6.19. The molecule has 1 aromatic heterocycles. The average molecular weight is 313 g/mol. The molecule has 2 rings (SSSR count). The number of pyridine rings is 1. The van der Waals surface area contributed by atoms with Gasteiger partial charge in [-0.15, -0.1) is 0 Å². The van der Waals surface area contributed by atoms with Gasteiger partial charge in [0.15, 0.2) is 0 Å². The van der Waals surface area contributed by atoms with Crippen molar-refractivity contribution in [3.63, 3.8) is 0 Å². The number of nitrogens with two attached hydrogens (primary N) is 1. The number of hydrogen-bond donors (Lipinski definition) is 1. The number of hydrogen-bond acceptors (Lipinski definition) is 3. The zero-order valence-corrected chi connectivity index (χ0v) is 12.1. The molecule has 0 spiro atoms. The maximum absolute atomic E-state index is 6.04. The Bertz CT molecular complexity index is 619. The van der Waals surface area contributed by atoms with Crippen molar-refractivity contribution in [1.82, 2.24) is 4.98 Å². The van der Waals surface area contributed by atoms with Crippen LogP contribution in [0.1, 0.15) is 11.3 Å². The molecule has 0 aliphatic carbocycles. The Balaban J connectivity index is 2.19. The Morgan fingerprint density at radius 1 is 1.26 bits per heavy atom. The molecule has 98 valence electrons. The molecule has 0 bridgehead atoms. The first-order chi connectivity index (χ1) is 9.09. The highest BCUT2D eigenvalue weighted by Gasteiger charge is 2.09. The number of thiocarbonyl (C=S) groups is 1. The van der Waals surface area contributed by atoms with Gasteiger partial charge >= 0.3 is 0 Å². The molecule has 1 heterocycles. The van der Waals surface area contributed by atoms with Gasteiger partial charge < -0.3 is 10.5 Å². The number of aromatic nitrogens is 1. The van der Waals surface area contributed by atoms with Crippen LogP contribution in [0.25, 0.3) is 0 Å². The van der Waals surface area contributed by atoms with Crippen LogP contribution in [-0.2, 0) is 6.61 Å². The van der Waals surface area contributed by atoms with Gasteiger partial charge in [0.25, 0.3) is 0 Å². The minimum atomic E-state index is 0.233. The number of rotatable bonds is 4. The molecule has 2 N–H and O–H groups in total. The van der Waals surface area contributed by atoms with E-state index in [9.17, 15) is 0 Å². The van der Waals surface area contributed by atoms with Crippen molar-refractivity contribution in [3.8, 4) is 5.75 Å². The molecule has 6 heteroatoms. The summed E-state index contributed by atoms with van der Waals surface area (Å²) in [5.41, 5.74) is 6.95. The second-order valence-electron chi connectivity index (χ2n) is 3.72. The van der Waals surface area contributed by atoms with Crippen LogP contribution in [0.2, 0.25) is 10.0 Å². The number of ether oxygens (including phenoxy) is 1. The highest BCUT2D eigenvalue weighted by Crippen LogP contribution is 2.32. The van der Waals surface area contributed by atoms with Crippen LogP contribution in [0.4, 0.5) is 0 Å². The fourth-order valence-electron chi connectivity index (χ4n) is 1.53. The zero-order valence-electron chi connectivity index (χ0n) is 9.77. The van der Waals surface area contributed by atoms with Gasteiger partial charge in [0, 0.05) is 11.8 Å². The highest BCUT2D eigenvalue weighted by molar-refractivity contribution is 7.80. The summed E-state index contributed by atoms with van der Waals surface area (Å²) in [5.74, 6) is 0.506. The summed E-state index contributed by atoms with van der Waals surface area (Å²) in [6, 6.07) is 8.84. The zero-order chi connectivity index (χ0) is 13.8. The molecule has 2 aromatic rings. The molecule has 0 fully saturated rings. The van der Waals surface area contributed by atoms with E-state index in [2.05, 4.69) is 4.98 Å². The van der Waals surface area contributed by atoms with Gasteiger partial charge in [-0.3, -0.25) is 4.98 Å². The van der Waals surface area contributed by atoms with Crippen molar-refractivity contribution in [2.45, 2.75) is 6.61 Å². The average Bonchev–Trinajstić information content (AvgIpc) is 2.40.